The summed E-state index contributed by atoms with van der Waals surface area (Å²) in [6.07, 6.45) is 2.75. The lowest BCUT2D eigenvalue weighted by molar-refractivity contribution is 0.722. The fourth-order valence-electron chi connectivity index (χ4n) is 1.19. The van der Waals surface area contributed by atoms with Crippen molar-refractivity contribution in [3.63, 3.8) is 0 Å². The summed E-state index contributed by atoms with van der Waals surface area (Å²) in [7, 11) is 0. The van der Waals surface area contributed by atoms with Crippen LogP contribution in [0.5, 0.6) is 0 Å². The first-order valence-electron chi connectivity index (χ1n) is 4.56. The van der Waals surface area contributed by atoms with Crippen LogP contribution in [0.4, 0.5) is 0 Å². The highest BCUT2D eigenvalue weighted by atomic mass is 32.2. The quantitative estimate of drug-likeness (QED) is 0.749. The number of rotatable bonds is 4. The molecule has 0 aromatic carbocycles. The Balaban J connectivity index is 2.78. The smallest absolute Gasteiger partial charge is 0.0992 e. The van der Waals surface area contributed by atoms with Gasteiger partial charge in [0, 0.05) is 12.2 Å². The van der Waals surface area contributed by atoms with E-state index in [2.05, 4.69) is 18.0 Å². The molecule has 1 unspecified atom stereocenters. The monoisotopic (exact) mass is 196 g/mol. The van der Waals surface area contributed by atoms with Gasteiger partial charge in [-0.05, 0) is 30.7 Å². The molecule has 0 aliphatic rings. The summed E-state index contributed by atoms with van der Waals surface area (Å²) in [5.74, 6) is 1.06. The Morgan fingerprint density at radius 1 is 1.62 bits per heavy atom. The third kappa shape index (κ3) is 3.36. The van der Waals surface area contributed by atoms with Crippen LogP contribution < -0.4 is 5.73 Å². The van der Waals surface area contributed by atoms with E-state index in [1.165, 1.54) is 5.56 Å². The average molecular weight is 196 g/mol. The first-order valence-corrected chi connectivity index (χ1v) is 5.55. The molecule has 0 aliphatic carbocycles. The van der Waals surface area contributed by atoms with Crippen LogP contribution >= 0.6 is 11.8 Å². The first kappa shape index (κ1) is 10.5. The molecule has 13 heavy (non-hydrogen) atoms. The number of pyridine rings is 1. The van der Waals surface area contributed by atoms with Gasteiger partial charge in [0.05, 0.1) is 5.03 Å². The molecule has 0 saturated heterocycles. The Kier molecular flexibility index (Phi) is 4.25. The number of nitrogens with two attached hydrogens (primary N) is 1. The van der Waals surface area contributed by atoms with Crippen LogP contribution in [0, 0.1) is 0 Å². The standard InChI is InChI=1S/C10H16N2S/c1-3-13-10-9(7-8(2)11)5-4-6-12-10/h4-6,8H,3,7,11H2,1-2H3. The van der Waals surface area contributed by atoms with Crippen molar-refractivity contribution in [2.45, 2.75) is 31.3 Å². The van der Waals surface area contributed by atoms with Crippen molar-refractivity contribution >= 4 is 11.8 Å². The van der Waals surface area contributed by atoms with Gasteiger partial charge < -0.3 is 5.73 Å². The topological polar surface area (TPSA) is 38.9 Å². The fourth-order valence-corrected chi connectivity index (χ4v) is 1.94. The summed E-state index contributed by atoms with van der Waals surface area (Å²) < 4.78 is 0. The molecule has 3 heteroatoms. The molecule has 2 nitrogen and oxygen atoms in total. The van der Waals surface area contributed by atoms with E-state index >= 15 is 0 Å². The second-order valence-electron chi connectivity index (χ2n) is 3.08. The van der Waals surface area contributed by atoms with E-state index in [0.717, 1.165) is 17.2 Å². The van der Waals surface area contributed by atoms with Crippen LogP contribution in [0.25, 0.3) is 0 Å². The van der Waals surface area contributed by atoms with E-state index in [1.807, 2.05) is 19.2 Å². The van der Waals surface area contributed by atoms with Gasteiger partial charge in [-0.2, -0.15) is 0 Å². The van der Waals surface area contributed by atoms with E-state index in [9.17, 15) is 0 Å². The Bertz CT molecular complexity index is 261. The van der Waals surface area contributed by atoms with Gasteiger partial charge in [0.1, 0.15) is 0 Å². The molecule has 0 spiro atoms. The predicted molar refractivity (Wildman–Crippen MR) is 58.0 cm³/mol. The van der Waals surface area contributed by atoms with E-state index in [4.69, 9.17) is 5.73 Å². The normalized spacial score (nSPS) is 12.8. The summed E-state index contributed by atoms with van der Waals surface area (Å²) in [6, 6.07) is 4.28. The Hall–Kier alpha value is -0.540. The van der Waals surface area contributed by atoms with Crippen LogP contribution in [0.15, 0.2) is 23.4 Å². The van der Waals surface area contributed by atoms with Crippen LogP contribution in [-0.2, 0) is 6.42 Å². The van der Waals surface area contributed by atoms with Crippen molar-refractivity contribution < 1.29 is 0 Å². The van der Waals surface area contributed by atoms with Crippen molar-refractivity contribution in [1.29, 1.82) is 0 Å². The van der Waals surface area contributed by atoms with Gasteiger partial charge in [0.25, 0.3) is 0 Å². The molecule has 1 rings (SSSR count). The van der Waals surface area contributed by atoms with E-state index in [-0.39, 0.29) is 6.04 Å². The number of aromatic nitrogens is 1. The van der Waals surface area contributed by atoms with Gasteiger partial charge in [-0.15, -0.1) is 11.8 Å². The van der Waals surface area contributed by atoms with Crippen molar-refractivity contribution in [2.24, 2.45) is 5.73 Å². The Labute approximate surface area is 83.9 Å². The van der Waals surface area contributed by atoms with Crippen LogP contribution in [-0.4, -0.2) is 16.8 Å². The number of thioether (sulfide) groups is 1. The minimum absolute atomic E-state index is 0.209. The van der Waals surface area contributed by atoms with Gasteiger partial charge in [-0.25, -0.2) is 4.98 Å². The molecule has 1 heterocycles. The lowest BCUT2D eigenvalue weighted by Gasteiger charge is -2.08. The molecule has 0 saturated carbocycles. The average Bonchev–Trinajstić information content (AvgIpc) is 2.08. The fraction of sp³-hybridized carbons (Fsp3) is 0.500. The van der Waals surface area contributed by atoms with E-state index < -0.39 is 0 Å². The van der Waals surface area contributed by atoms with Crippen molar-refractivity contribution in [3.05, 3.63) is 23.9 Å². The molecule has 72 valence electrons. The Morgan fingerprint density at radius 3 is 3.00 bits per heavy atom. The summed E-state index contributed by atoms with van der Waals surface area (Å²) in [4.78, 5) is 4.33. The lowest BCUT2D eigenvalue weighted by atomic mass is 10.1. The van der Waals surface area contributed by atoms with Crippen LogP contribution in [0.3, 0.4) is 0 Å². The molecule has 0 radical (unpaired) electrons. The van der Waals surface area contributed by atoms with Crippen molar-refractivity contribution in [3.8, 4) is 0 Å². The maximum atomic E-state index is 5.75. The van der Waals surface area contributed by atoms with E-state index in [1.54, 1.807) is 11.8 Å². The minimum atomic E-state index is 0.209. The number of hydrogen-bond donors (Lipinski definition) is 1. The Morgan fingerprint density at radius 2 is 2.38 bits per heavy atom. The highest BCUT2D eigenvalue weighted by molar-refractivity contribution is 7.99. The second kappa shape index (κ2) is 5.25. The number of nitrogens with zero attached hydrogens (tertiary/aromatic N) is 1. The number of hydrogen-bond acceptors (Lipinski definition) is 3. The minimum Gasteiger partial charge on any atom is -0.328 e. The van der Waals surface area contributed by atoms with Gasteiger partial charge in [-0.1, -0.05) is 13.0 Å². The van der Waals surface area contributed by atoms with Gasteiger partial charge in [-0.3, -0.25) is 0 Å². The summed E-state index contributed by atoms with van der Waals surface area (Å²) in [5.41, 5.74) is 7.02. The lowest BCUT2D eigenvalue weighted by Crippen LogP contribution is -2.18. The second-order valence-corrected chi connectivity index (χ2v) is 4.33. The maximum absolute atomic E-state index is 5.75. The van der Waals surface area contributed by atoms with Gasteiger partial charge in [0.15, 0.2) is 0 Å². The highest BCUT2D eigenvalue weighted by Crippen LogP contribution is 2.20. The molecule has 1 aromatic rings. The third-order valence-corrected chi connectivity index (χ3v) is 2.60. The highest BCUT2D eigenvalue weighted by Gasteiger charge is 2.04. The molecular weight excluding hydrogens is 180 g/mol. The van der Waals surface area contributed by atoms with E-state index in [0.29, 0.717) is 0 Å². The maximum Gasteiger partial charge on any atom is 0.0992 e. The molecule has 2 N–H and O–H groups in total. The predicted octanol–water partition coefficient (Wildman–Crippen LogP) is 2.08. The van der Waals surface area contributed by atoms with Gasteiger partial charge >= 0.3 is 0 Å². The summed E-state index contributed by atoms with van der Waals surface area (Å²) in [6.45, 7) is 4.16. The SMILES string of the molecule is CCSc1ncccc1CC(C)N. The molecule has 0 amide bonds. The third-order valence-electron chi connectivity index (χ3n) is 1.67. The molecule has 1 atom stereocenters. The molecular formula is C10H16N2S. The summed E-state index contributed by atoms with van der Waals surface area (Å²) in [5, 5.41) is 1.13. The largest absolute Gasteiger partial charge is 0.328 e. The zero-order chi connectivity index (χ0) is 9.68. The molecule has 1 aromatic heterocycles. The van der Waals surface area contributed by atoms with Gasteiger partial charge in [0.2, 0.25) is 0 Å². The molecule has 0 fully saturated rings. The van der Waals surface area contributed by atoms with Crippen LogP contribution in [0.1, 0.15) is 19.4 Å². The zero-order valence-electron chi connectivity index (χ0n) is 8.16. The van der Waals surface area contributed by atoms with Crippen molar-refractivity contribution in [1.82, 2.24) is 4.98 Å². The zero-order valence-corrected chi connectivity index (χ0v) is 8.97. The molecule has 0 aliphatic heterocycles. The molecule has 0 bridgehead atoms. The first-order chi connectivity index (χ1) is 6.24. The van der Waals surface area contributed by atoms with Crippen molar-refractivity contribution in [2.75, 3.05) is 5.75 Å². The van der Waals surface area contributed by atoms with Crippen LogP contribution in [0.2, 0.25) is 0 Å². The summed E-state index contributed by atoms with van der Waals surface area (Å²) >= 11 is 1.78.